The van der Waals surface area contributed by atoms with E-state index in [2.05, 4.69) is 26.4 Å². The van der Waals surface area contributed by atoms with Gasteiger partial charge in [-0.25, -0.2) is 0 Å². The SMILES string of the molecule is CC(C)(C(=O)NCc1sccc1Br)C(N)=NO. The molecule has 0 saturated carbocycles. The fourth-order valence-corrected chi connectivity index (χ4v) is 2.51. The lowest BCUT2D eigenvalue weighted by Crippen LogP contribution is -2.45. The number of hydrogen-bond donors (Lipinski definition) is 3. The summed E-state index contributed by atoms with van der Waals surface area (Å²) in [5.41, 5.74) is 4.43. The van der Waals surface area contributed by atoms with Crippen molar-refractivity contribution in [2.24, 2.45) is 16.3 Å². The van der Waals surface area contributed by atoms with Crippen LogP contribution in [0.4, 0.5) is 0 Å². The van der Waals surface area contributed by atoms with Crippen molar-refractivity contribution in [2.75, 3.05) is 0 Å². The molecule has 0 aliphatic heterocycles. The monoisotopic (exact) mass is 319 g/mol. The quantitative estimate of drug-likeness (QED) is 0.343. The van der Waals surface area contributed by atoms with E-state index in [9.17, 15) is 4.79 Å². The van der Waals surface area contributed by atoms with E-state index >= 15 is 0 Å². The number of nitrogens with zero attached hydrogens (tertiary/aromatic N) is 1. The molecule has 0 aromatic carbocycles. The Morgan fingerprint density at radius 1 is 1.71 bits per heavy atom. The smallest absolute Gasteiger partial charge is 0.233 e. The van der Waals surface area contributed by atoms with Crippen molar-refractivity contribution in [1.29, 1.82) is 0 Å². The molecule has 0 atom stereocenters. The molecule has 0 bridgehead atoms. The van der Waals surface area contributed by atoms with Gasteiger partial charge >= 0.3 is 0 Å². The van der Waals surface area contributed by atoms with Crippen LogP contribution in [0.15, 0.2) is 21.1 Å². The highest BCUT2D eigenvalue weighted by Crippen LogP contribution is 2.23. The lowest BCUT2D eigenvalue weighted by Gasteiger charge is -2.21. The molecule has 0 spiro atoms. The van der Waals surface area contributed by atoms with Gasteiger partial charge in [-0.05, 0) is 41.2 Å². The normalized spacial score (nSPS) is 12.5. The van der Waals surface area contributed by atoms with Crippen molar-refractivity contribution in [3.05, 3.63) is 20.8 Å². The van der Waals surface area contributed by atoms with Crippen molar-refractivity contribution in [3.8, 4) is 0 Å². The Morgan fingerprint density at radius 3 is 2.82 bits per heavy atom. The Bertz CT molecular complexity index is 443. The average Bonchev–Trinajstić information content (AvgIpc) is 2.70. The molecule has 4 N–H and O–H groups in total. The molecular formula is C10H14BrN3O2S. The molecule has 1 rings (SSSR count). The number of nitrogens with one attached hydrogen (secondary N) is 1. The molecule has 0 radical (unpaired) electrons. The number of halogens is 1. The van der Waals surface area contributed by atoms with Gasteiger partial charge < -0.3 is 16.3 Å². The van der Waals surface area contributed by atoms with E-state index in [-0.39, 0.29) is 11.7 Å². The van der Waals surface area contributed by atoms with Crippen LogP contribution in [-0.4, -0.2) is 17.0 Å². The first-order valence-corrected chi connectivity index (χ1v) is 6.55. The summed E-state index contributed by atoms with van der Waals surface area (Å²) in [4.78, 5) is 12.9. The lowest BCUT2D eigenvalue weighted by molar-refractivity contribution is -0.126. The standard InChI is InChI=1S/C10H14BrN3O2S/c1-10(2,8(12)14-16)9(15)13-5-7-6(11)3-4-17-7/h3-4,16H,5H2,1-2H3,(H2,12,14)(H,13,15). The van der Waals surface area contributed by atoms with Crippen LogP contribution in [0.3, 0.4) is 0 Å². The Labute approximate surface area is 112 Å². The summed E-state index contributed by atoms with van der Waals surface area (Å²) in [6.07, 6.45) is 0. The third-order valence-electron chi connectivity index (χ3n) is 2.42. The van der Waals surface area contributed by atoms with Gasteiger partial charge in [0.2, 0.25) is 5.91 Å². The van der Waals surface area contributed by atoms with Crippen molar-refractivity contribution < 1.29 is 10.0 Å². The second-order valence-corrected chi connectivity index (χ2v) is 5.84. The second-order valence-electron chi connectivity index (χ2n) is 3.98. The third kappa shape index (κ3) is 3.19. The first-order valence-electron chi connectivity index (χ1n) is 4.87. The van der Waals surface area contributed by atoms with Crippen LogP contribution in [0, 0.1) is 5.41 Å². The molecule has 1 aromatic heterocycles. The molecule has 1 amide bonds. The molecule has 0 aliphatic carbocycles. The molecule has 0 unspecified atom stereocenters. The fraction of sp³-hybridized carbons (Fsp3) is 0.400. The maximum Gasteiger partial charge on any atom is 0.233 e. The predicted octanol–water partition coefficient (Wildman–Crippen LogP) is 1.90. The number of thiophene rings is 1. The number of rotatable bonds is 4. The van der Waals surface area contributed by atoms with E-state index in [0.717, 1.165) is 9.35 Å². The number of oxime groups is 1. The summed E-state index contributed by atoms with van der Waals surface area (Å²) < 4.78 is 0.962. The van der Waals surface area contributed by atoms with Gasteiger partial charge in [-0.15, -0.1) is 11.3 Å². The van der Waals surface area contributed by atoms with E-state index in [0.29, 0.717) is 6.54 Å². The summed E-state index contributed by atoms with van der Waals surface area (Å²) in [6.45, 7) is 3.61. The number of carbonyl (C=O) groups excluding carboxylic acids is 1. The number of carbonyl (C=O) groups is 1. The number of nitrogens with two attached hydrogens (primary N) is 1. The number of hydrogen-bond acceptors (Lipinski definition) is 4. The highest BCUT2D eigenvalue weighted by atomic mass is 79.9. The van der Waals surface area contributed by atoms with E-state index < -0.39 is 5.41 Å². The number of amidine groups is 1. The van der Waals surface area contributed by atoms with Gasteiger partial charge in [-0.2, -0.15) is 0 Å². The molecule has 0 fully saturated rings. The van der Waals surface area contributed by atoms with Gasteiger partial charge in [0.05, 0.1) is 6.54 Å². The van der Waals surface area contributed by atoms with Gasteiger partial charge in [0, 0.05) is 9.35 Å². The predicted molar refractivity (Wildman–Crippen MR) is 71.1 cm³/mol. The van der Waals surface area contributed by atoms with Gasteiger partial charge in [0.25, 0.3) is 0 Å². The maximum atomic E-state index is 11.9. The molecule has 0 saturated heterocycles. The van der Waals surface area contributed by atoms with Crippen LogP contribution in [0.25, 0.3) is 0 Å². The lowest BCUT2D eigenvalue weighted by atomic mass is 9.91. The van der Waals surface area contributed by atoms with Gasteiger partial charge in [0.15, 0.2) is 5.84 Å². The minimum absolute atomic E-state index is 0.111. The van der Waals surface area contributed by atoms with Crippen LogP contribution in [0.5, 0.6) is 0 Å². The first-order chi connectivity index (χ1) is 7.89. The molecule has 7 heteroatoms. The van der Waals surface area contributed by atoms with Crippen LogP contribution in [-0.2, 0) is 11.3 Å². The molecule has 1 aromatic rings. The summed E-state index contributed by atoms with van der Waals surface area (Å²) >= 11 is 4.92. The summed E-state index contributed by atoms with van der Waals surface area (Å²) in [6, 6.07) is 1.92. The largest absolute Gasteiger partial charge is 0.409 e. The Kier molecular flexibility index (Phi) is 4.53. The molecule has 17 heavy (non-hydrogen) atoms. The minimum Gasteiger partial charge on any atom is -0.409 e. The van der Waals surface area contributed by atoms with Crippen molar-refractivity contribution in [3.63, 3.8) is 0 Å². The van der Waals surface area contributed by atoms with Crippen LogP contribution in [0.2, 0.25) is 0 Å². The Balaban J connectivity index is 2.65. The van der Waals surface area contributed by atoms with E-state index in [1.165, 1.54) is 0 Å². The van der Waals surface area contributed by atoms with E-state index in [4.69, 9.17) is 10.9 Å². The Hall–Kier alpha value is -1.08. The zero-order valence-corrected chi connectivity index (χ0v) is 11.9. The van der Waals surface area contributed by atoms with Crippen LogP contribution >= 0.6 is 27.3 Å². The van der Waals surface area contributed by atoms with Crippen LogP contribution < -0.4 is 11.1 Å². The fourth-order valence-electron chi connectivity index (χ4n) is 1.07. The number of amides is 1. The highest BCUT2D eigenvalue weighted by molar-refractivity contribution is 9.10. The maximum absolute atomic E-state index is 11.9. The first kappa shape index (κ1) is 14.0. The minimum atomic E-state index is -1.03. The Morgan fingerprint density at radius 2 is 2.35 bits per heavy atom. The van der Waals surface area contributed by atoms with Crippen molar-refractivity contribution >= 4 is 39.0 Å². The summed E-state index contributed by atoms with van der Waals surface area (Å²) in [7, 11) is 0. The van der Waals surface area contributed by atoms with Crippen LogP contribution in [0.1, 0.15) is 18.7 Å². The zero-order valence-electron chi connectivity index (χ0n) is 9.53. The van der Waals surface area contributed by atoms with Gasteiger partial charge in [-0.1, -0.05) is 5.16 Å². The van der Waals surface area contributed by atoms with E-state index in [1.54, 1.807) is 25.2 Å². The van der Waals surface area contributed by atoms with Crippen molar-refractivity contribution in [2.45, 2.75) is 20.4 Å². The summed E-state index contributed by atoms with van der Waals surface area (Å²) in [5, 5.41) is 16.1. The highest BCUT2D eigenvalue weighted by Gasteiger charge is 2.32. The molecule has 5 nitrogen and oxygen atoms in total. The third-order valence-corrected chi connectivity index (χ3v) is 4.34. The molecular weight excluding hydrogens is 306 g/mol. The molecule has 1 heterocycles. The summed E-state index contributed by atoms with van der Waals surface area (Å²) in [5.74, 6) is -0.395. The van der Waals surface area contributed by atoms with Gasteiger partial charge in [-0.3, -0.25) is 4.79 Å². The topological polar surface area (TPSA) is 87.7 Å². The molecule has 0 aliphatic rings. The molecule has 94 valence electrons. The van der Waals surface area contributed by atoms with Gasteiger partial charge in [0.1, 0.15) is 5.41 Å². The van der Waals surface area contributed by atoms with E-state index in [1.807, 2.05) is 11.4 Å². The zero-order chi connectivity index (χ0) is 13.1. The average molecular weight is 320 g/mol. The second kappa shape index (κ2) is 5.50. The van der Waals surface area contributed by atoms with Crippen molar-refractivity contribution in [1.82, 2.24) is 5.32 Å².